The van der Waals surface area contributed by atoms with Crippen LogP contribution in [-0.2, 0) is 0 Å². The van der Waals surface area contributed by atoms with Crippen LogP contribution < -0.4 is 25.2 Å². The number of methoxy groups -OCH3 is 2. The molecule has 1 fully saturated rings. The molecule has 0 bridgehead atoms. The van der Waals surface area contributed by atoms with Crippen molar-refractivity contribution in [2.75, 3.05) is 40.4 Å². The number of aromatic hydroxyl groups is 1. The number of nitrogens with one attached hydrogen (secondary N) is 3. The van der Waals surface area contributed by atoms with Gasteiger partial charge in [0.2, 0.25) is 0 Å². The first kappa shape index (κ1) is 20.0. The number of quaternary nitrogens is 1. The molecule has 0 radical (unpaired) electrons. The molecule has 0 aliphatic carbocycles. The van der Waals surface area contributed by atoms with E-state index in [2.05, 4.69) is 10.3 Å². The number of ether oxygens (including phenoxy) is 2. The summed E-state index contributed by atoms with van der Waals surface area (Å²) in [5.41, 5.74) is -0.563. The molecule has 0 unspecified atom stereocenters. The third-order valence-corrected chi connectivity index (χ3v) is 5.27. The second kappa shape index (κ2) is 8.97. The maximum atomic E-state index is 12.5. The minimum atomic E-state index is -0.642. The van der Waals surface area contributed by atoms with Gasteiger partial charge in [-0.2, -0.15) is 0 Å². The molecule has 4 N–H and O–H groups in total. The number of hydrogen-bond donors (Lipinski definition) is 4. The summed E-state index contributed by atoms with van der Waals surface area (Å²) in [7, 11) is 2.96. The summed E-state index contributed by atoms with van der Waals surface area (Å²) in [6.07, 6.45) is 4.66. The minimum absolute atomic E-state index is 0.287. The van der Waals surface area contributed by atoms with Crippen LogP contribution in [-0.4, -0.2) is 56.4 Å². The van der Waals surface area contributed by atoms with E-state index in [4.69, 9.17) is 9.47 Å². The van der Waals surface area contributed by atoms with Gasteiger partial charge in [0, 0.05) is 24.4 Å². The van der Waals surface area contributed by atoms with Crippen molar-refractivity contribution in [3.63, 3.8) is 0 Å². The fraction of sp³-hybridized carbons (Fsp3) is 0.500. The quantitative estimate of drug-likeness (QED) is 0.514. The van der Waals surface area contributed by atoms with Gasteiger partial charge in [-0.05, 0) is 25.3 Å². The maximum Gasteiger partial charge on any atom is 0.265 e. The smallest absolute Gasteiger partial charge is 0.265 e. The molecule has 2 heterocycles. The molecule has 1 aliphatic rings. The van der Waals surface area contributed by atoms with Gasteiger partial charge in [-0.15, -0.1) is 0 Å². The SMILES string of the molecule is COc1cc2[nH]c(=O)c(C(=O)NCCC[NH+]3CCCCC3)c(O)c2cc1OC. The van der Waals surface area contributed by atoms with Crippen LogP contribution in [0.3, 0.4) is 0 Å². The van der Waals surface area contributed by atoms with E-state index in [-0.39, 0.29) is 11.3 Å². The number of H-pyrrole nitrogens is 1. The normalized spacial score (nSPS) is 14.8. The number of carbonyl (C=O) groups is 1. The Balaban J connectivity index is 1.74. The Hall–Kier alpha value is -2.74. The second-order valence-electron chi connectivity index (χ2n) is 7.10. The van der Waals surface area contributed by atoms with Crippen LogP contribution in [0, 0.1) is 0 Å². The highest BCUT2D eigenvalue weighted by Crippen LogP contribution is 2.35. The Bertz CT molecular complexity index is 903. The lowest BCUT2D eigenvalue weighted by Gasteiger charge is -2.23. The standard InChI is InChI=1S/C20H27N3O5/c1-27-15-11-13-14(12-16(15)28-2)22-20(26)17(18(13)24)19(25)21-7-6-10-23-8-4-3-5-9-23/h11-12H,3-10H2,1-2H3,(H,21,25)(H2,22,24,26)/p+1. The van der Waals surface area contributed by atoms with Crippen molar-refractivity contribution in [1.29, 1.82) is 0 Å². The van der Waals surface area contributed by atoms with E-state index in [9.17, 15) is 14.7 Å². The van der Waals surface area contributed by atoms with E-state index in [1.54, 1.807) is 11.0 Å². The summed E-state index contributed by atoms with van der Waals surface area (Å²) in [4.78, 5) is 29.1. The van der Waals surface area contributed by atoms with E-state index in [1.165, 1.54) is 52.6 Å². The molecular formula is C20H28N3O5+. The lowest BCUT2D eigenvalue weighted by molar-refractivity contribution is -0.904. The third-order valence-electron chi connectivity index (χ3n) is 5.27. The number of benzene rings is 1. The summed E-state index contributed by atoms with van der Waals surface area (Å²) >= 11 is 0. The van der Waals surface area contributed by atoms with Crippen LogP contribution in [0.25, 0.3) is 10.9 Å². The van der Waals surface area contributed by atoms with Crippen molar-refractivity contribution < 1.29 is 24.3 Å². The molecule has 2 aromatic rings. The van der Waals surface area contributed by atoms with Crippen molar-refractivity contribution in [2.24, 2.45) is 0 Å². The molecule has 1 amide bonds. The van der Waals surface area contributed by atoms with E-state index in [1.807, 2.05) is 0 Å². The van der Waals surface area contributed by atoms with Crippen LogP contribution in [0.4, 0.5) is 0 Å². The van der Waals surface area contributed by atoms with Crippen molar-refractivity contribution in [1.82, 2.24) is 10.3 Å². The number of aromatic amines is 1. The molecule has 0 spiro atoms. The molecule has 28 heavy (non-hydrogen) atoms. The van der Waals surface area contributed by atoms with Crippen LogP contribution in [0.1, 0.15) is 36.0 Å². The van der Waals surface area contributed by atoms with Gasteiger partial charge in [-0.25, -0.2) is 0 Å². The van der Waals surface area contributed by atoms with Crippen molar-refractivity contribution >= 4 is 16.8 Å². The van der Waals surface area contributed by atoms with E-state index >= 15 is 0 Å². The van der Waals surface area contributed by atoms with Crippen LogP contribution in [0.2, 0.25) is 0 Å². The number of fused-ring (bicyclic) bond motifs is 1. The Kier molecular flexibility index (Phi) is 6.41. The highest BCUT2D eigenvalue weighted by molar-refractivity contribution is 6.02. The van der Waals surface area contributed by atoms with Gasteiger partial charge < -0.3 is 29.8 Å². The Morgan fingerprint density at radius 3 is 2.54 bits per heavy atom. The lowest BCUT2D eigenvalue weighted by Crippen LogP contribution is -3.12. The Morgan fingerprint density at radius 2 is 1.86 bits per heavy atom. The summed E-state index contributed by atoms with van der Waals surface area (Å²) in [6, 6.07) is 3.09. The fourth-order valence-electron chi connectivity index (χ4n) is 3.75. The molecule has 8 heteroatoms. The minimum Gasteiger partial charge on any atom is -0.506 e. The number of pyridine rings is 1. The maximum absolute atomic E-state index is 12.5. The molecule has 1 aromatic heterocycles. The number of aromatic nitrogens is 1. The first-order valence-electron chi connectivity index (χ1n) is 9.68. The van der Waals surface area contributed by atoms with Gasteiger partial charge in [0.25, 0.3) is 11.5 Å². The summed E-state index contributed by atoms with van der Waals surface area (Å²) < 4.78 is 10.4. The predicted molar refractivity (Wildman–Crippen MR) is 106 cm³/mol. The van der Waals surface area contributed by atoms with E-state index < -0.39 is 11.5 Å². The highest BCUT2D eigenvalue weighted by atomic mass is 16.5. The largest absolute Gasteiger partial charge is 0.506 e. The zero-order valence-electron chi connectivity index (χ0n) is 16.4. The first-order valence-corrected chi connectivity index (χ1v) is 9.68. The summed E-state index contributed by atoms with van der Waals surface area (Å²) in [6.45, 7) is 3.83. The van der Waals surface area contributed by atoms with Gasteiger partial charge in [0.15, 0.2) is 11.5 Å². The predicted octanol–water partition coefficient (Wildman–Crippen LogP) is 0.440. The second-order valence-corrected chi connectivity index (χ2v) is 7.10. The molecule has 1 saturated heterocycles. The van der Waals surface area contributed by atoms with Gasteiger partial charge >= 0.3 is 0 Å². The molecular weight excluding hydrogens is 362 g/mol. The van der Waals surface area contributed by atoms with Gasteiger partial charge in [-0.3, -0.25) is 9.59 Å². The number of likely N-dealkylation sites (tertiary alicyclic amines) is 1. The number of carbonyl (C=O) groups excluding carboxylic acids is 1. The zero-order valence-corrected chi connectivity index (χ0v) is 16.4. The van der Waals surface area contributed by atoms with Crippen LogP contribution >= 0.6 is 0 Å². The lowest BCUT2D eigenvalue weighted by atomic mass is 10.1. The summed E-state index contributed by atoms with van der Waals surface area (Å²) in [5.74, 6) is -0.126. The molecule has 1 aromatic carbocycles. The van der Waals surface area contributed by atoms with E-state index in [0.29, 0.717) is 28.9 Å². The highest BCUT2D eigenvalue weighted by Gasteiger charge is 2.21. The number of amides is 1. The number of hydrogen-bond acceptors (Lipinski definition) is 5. The average Bonchev–Trinajstić information content (AvgIpc) is 2.71. The number of piperidine rings is 1. The third kappa shape index (κ3) is 4.22. The van der Waals surface area contributed by atoms with Crippen LogP contribution in [0.15, 0.2) is 16.9 Å². The summed E-state index contributed by atoms with van der Waals surface area (Å²) in [5, 5.41) is 13.6. The zero-order chi connectivity index (χ0) is 20.1. The Labute approximate surface area is 163 Å². The topological polar surface area (TPSA) is 105 Å². The van der Waals surface area contributed by atoms with Gasteiger partial charge in [0.1, 0.15) is 11.3 Å². The molecule has 8 nitrogen and oxygen atoms in total. The Morgan fingerprint density at radius 1 is 1.18 bits per heavy atom. The van der Waals surface area contributed by atoms with Crippen molar-refractivity contribution in [3.05, 3.63) is 28.0 Å². The average molecular weight is 390 g/mol. The monoisotopic (exact) mass is 390 g/mol. The van der Waals surface area contributed by atoms with Crippen molar-refractivity contribution in [3.8, 4) is 17.2 Å². The molecule has 1 aliphatic heterocycles. The molecule has 0 saturated carbocycles. The van der Waals surface area contributed by atoms with Gasteiger partial charge in [-0.1, -0.05) is 0 Å². The molecule has 0 atom stereocenters. The molecule has 152 valence electrons. The van der Waals surface area contributed by atoms with Gasteiger partial charge in [0.05, 0.1) is 39.4 Å². The van der Waals surface area contributed by atoms with Crippen LogP contribution in [0.5, 0.6) is 17.2 Å². The van der Waals surface area contributed by atoms with E-state index in [0.717, 1.165) is 13.0 Å². The number of rotatable bonds is 7. The van der Waals surface area contributed by atoms with Crippen molar-refractivity contribution in [2.45, 2.75) is 25.7 Å². The first-order chi connectivity index (χ1) is 13.5. The fourth-order valence-corrected chi connectivity index (χ4v) is 3.75. The molecule has 3 rings (SSSR count).